The van der Waals surface area contributed by atoms with Crippen LogP contribution in [0.15, 0.2) is 36.4 Å². The van der Waals surface area contributed by atoms with Crippen LogP contribution in [0.1, 0.15) is 55.1 Å². The van der Waals surface area contributed by atoms with Gasteiger partial charge in [0, 0.05) is 29.7 Å². The maximum atomic E-state index is 13.8. The summed E-state index contributed by atoms with van der Waals surface area (Å²) in [5.74, 6) is -0.135. The van der Waals surface area contributed by atoms with Crippen molar-refractivity contribution in [1.29, 1.82) is 0 Å². The molecule has 0 bridgehead atoms. The van der Waals surface area contributed by atoms with Crippen molar-refractivity contribution < 1.29 is 20.0 Å². The molecular weight excluding hydrogens is 396 g/mol. The Labute approximate surface area is 182 Å². The van der Waals surface area contributed by atoms with E-state index in [9.17, 15) is 14.7 Å². The smallest absolute Gasteiger partial charge is 0.348 e. The molecule has 1 amide bonds. The molecule has 2 heterocycles. The molecule has 2 aromatic rings. The minimum absolute atomic E-state index is 0.00817. The molecule has 4 rings (SSSR count). The molecule has 2 aliphatic rings. The van der Waals surface area contributed by atoms with Crippen LogP contribution in [0.3, 0.4) is 0 Å². The number of hydrogen-bond acceptors (Lipinski definition) is 3. The van der Waals surface area contributed by atoms with Gasteiger partial charge < -0.3 is 15.3 Å². The molecule has 2 fully saturated rings. The van der Waals surface area contributed by atoms with Gasteiger partial charge in [-0.05, 0) is 43.2 Å². The van der Waals surface area contributed by atoms with Crippen molar-refractivity contribution in [3.05, 3.63) is 41.3 Å². The number of thiophene rings is 1. The van der Waals surface area contributed by atoms with E-state index in [2.05, 4.69) is 12.2 Å². The molecule has 0 unspecified atom stereocenters. The predicted molar refractivity (Wildman–Crippen MR) is 120 cm³/mol. The maximum absolute atomic E-state index is 13.8. The zero-order valence-electron chi connectivity index (χ0n) is 17.5. The van der Waals surface area contributed by atoms with E-state index in [0.29, 0.717) is 11.6 Å². The predicted octanol–water partition coefficient (Wildman–Crippen LogP) is 4.00. The van der Waals surface area contributed by atoms with Crippen LogP contribution >= 0.6 is 11.3 Å². The van der Waals surface area contributed by atoms with Crippen LogP contribution in [0.4, 0.5) is 5.69 Å². The number of benzene rings is 1. The Balaban J connectivity index is 1.73. The molecule has 1 aromatic carbocycles. The zero-order valence-corrected chi connectivity index (χ0v) is 18.4. The van der Waals surface area contributed by atoms with Crippen molar-refractivity contribution in [1.82, 2.24) is 0 Å². The van der Waals surface area contributed by atoms with Crippen molar-refractivity contribution in [2.24, 2.45) is 11.8 Å². The van der Waals surface area contributed by atoms with Gasteiger partial charge in [-0.15, -0.1) is 11.3 Å². The molecule has 6 heteroatoms. The molecule has 1 aliphatic heterocycles. The fourth-order valence-corrected chi connectivity index (χ4v) is 5.82. The Morgan fingerprint density at radius 1 is 1.03 bits per heavy atom. The van der Waals surface area contributed by atoms with Gasteiger partial charge in [0.2, 0.25) is 5.91 Å². The van der Waals surface area contributed by atoms with Crippen molar-refractivity contribution in [2.45, 2.75) is 51.5 Å². The molecule has 1 aromatic heterocycles. The van der Waals surface area contributed by atoms with Crippen LogP contribution in [0.25, 0.3) is 10.4 Å². The molecule has 0 radical (unpaired) electrons. The van der Waals surface area contributed by atoms with Crippen molar-refractivity contribution >= 4 is 28.9 Å². The summed E-state index contributed by atoms with van der Waals surface area (Å²) >= 11 is 1.28. The van der Waals surface area contributed by atoms with Gasteiger partial charge in [-0.25, -0.2) is 4.79 Å². The SMILES string of the molecule is CC1CCC(C(=O)N(c2cc(-c3ccccc3)sc2C(=O)O)C2CC[NH2+]CC2)CC1. The highest BCUT2D eigenvalue weighted by Gasteiger charge is 2.37. The Hall–Kier alpha value is -2.18. The molecule has 0 atom stereocenters. The molecule has 30 heavy (non-hydrogen) atoms. The van der Waals surface area contributed by atoms with E-state index in [1.54, 1.807) is 0 Å². The number of amides is 1. The zero-order chi connectivity index (χ0) is 21.1. The highest BCUT2D eigenvalue weighted by Crippen LogP contribution is 2.40. The summed E-state index contributed by atoms with van der Waals surface area (Å²) in [6.07, 6.45) is 5.79. The quantitative estimate of drug-likeness (QED) is 0.757. The normalized spacial score (nSPS) is 22.6. The largest absolute Gasteiger partial charge is 0.477 e. The highest BCUT2D eigenvalue weighted by atomic mass is 32.1. The summed E-state index contributed by atoms with van der Waals surface area (Å²) in [7, 11) is 0. The average Bonchev–Trinajstić information content (AvgIpc) is 3.21. The van der Waals surface area contributed by atoms with Crippen molar-refractivity contribution in [3.8, 4) is 10.4 Å². The number of aromatic carboxylic acids is 1. The number of carboxylic acid groups (broad SMARTS) is 1. The van der Waals surface area contributed by atoms with Crippen molar-refractivity contribution in [2.75, 3.05) is 18.0 Å². The van der Waals surface area contributed by atoms with Crippen LogP contribution in [-0.4, -0.2) is 36.1 Å². The fraction of sp³-hybridized carbons (Fsp3) is 0.500. The molecule has 3 N–H and O–H groups in total. The van der Waals surface area contributed by atoms with Gasteiger partial charge in [0.1, 0.15) is 4.88 Å². The minimum atomic E-state index is -0.949. The number of quaternary nitrogens is 1. The lowest BCUT2D eigenvalue weighted by atomic mass is 9.82. The molecule has 0 spiro atoms. The first-order valence-electron chi connectivity index (χ1n) is 11.1. The van der Waals surface area contributed by atoms with Gasteiger partial charge in [-0.2, -0.15) is 0 Å². The minimum Gasteiger partial charge on any atom is -0.477 e. The number of rotatable bonds is 5. The van der Waals surface area contributed by atoms with Gasteiger partial charge in [-0.1, -0.05) is 37.3 Å². The Kier molecular flexibility index (Phi) is 6.54. The summed E-state index contributed by atoms with van der Waals surface area (Å²) in [4.78, 5) is 29.0. The van der Waals surface area contributed by atoms with E-state index < -0.39 is 5.97 Å². The molecule has 160 valence electrons. The van der Waals surface area contributed by atoms with E-state index in [1.807, 2.05) is 41.3 Å². The first kappa shape index (κ1) is 21.1. The monoisotopic (exact) mass is 427 g/mol. The van der Waals surface area contributed by atoms with E-state index in [0.717, 1.165) is 62.1 Å². The molecule has 1 saturated heterocycles. The van der Waals surface area contributed by atoms with Gasteiger partial charge in [0.05, 0.1) is 18.8 Å². The van der Waals surface area contributed by atoms with Crippen LogP contribution in [0.2, 0.25) is 0 Å². The lowest BCUT2D eigenvalue weighted by Gasteiger charge is -2.37. The second-order valence-electron chi connectivity index (χ2n) is 8.76. The van der Waals surface area contributed by atoms with Crippen LogP contribution in [-0.2, 0) is 4.79 Å². The molecule has 1 saturated carbocycles. The molecule has 5 nitrogen and oxygen atoms in total. The Morgan fingerprint density at radius 2 is 1.70 bits per heavy atom. The number of carbonyl (C=O) groups excluding carboxylic acids is 1. The highest BCUT2D eigenvalue weighted by molar-refractivity contribution is 7.18. The van der Waals surface area contributed by atoms with E-state index in [1.165, 1.54) is 11.3 Å². The summed E-state index contributed by atoms with van der Waals surface area (Å²) in [5, 5.41) is 12.2. The second-order valence-corrected chi connectivity index (χ2v) is 9.81. The van der Waals surface area contributed by atoms with Gasteiger partial charge in [0.15, 0.2) is 0 Å². The van der Waals surface area contributed by atoms with Gasteiger partial charge in [-0.3, -0.25) is 4.79 Å². The third-order valence-corrected chi connectivity index (χ3v) is 7.76. The Morgan fingerprint density at radius 3 is 2.33 bits per heavy atom. The third-order valence-electron chi connectivity index (χ3n) is 6.60. The van der Waals surface area contributed by atoms with Crippen LogP contribution in [0, 0.1) is 11.8 Å². The second kappa shape index (κ2) is 9.31. The number of piperidine rings is 1. The first-order valence-corrected chi connectivity index (χ1v) is 11.9. The lowest BCUT2D eigenvalue weighted by Crippen LogP contribution is -2.87. The standard InChI is InChI=1S/C24H30N2O3S/c1-16-7-9-18(10-8-16)23(27)26(19-11-13-25-14-12-19)20-15-21(30-22(20)24(28)29)17-5-3-2-4-6-17/h2-6,15-16,18-19,25H,7-14H2,1H3,(H,28,29)/p+1. The first-order chi connectivity index (χ1) is 14.5. The summed E-state index contributed by atoms with van der Waals surface area (Å²) in [5.41, 5.74) is 1.59. The average molecular weight is 428 g/mol. The maximum Gasteiger partial charge on any atom is 0.348 e. The topological polar surface area (TPSA) is 74.2 Å². The number of carbonyl (C=O) groups is 2. The number of nitrogens with zero attached hydrogens (tertiary/aromatic N) is 1. The number of anilines is 1. The summed E-state index contributed by atoms with van der Waals surface area (Å²) in [6.45, 7) is 4.21. The summed E-state index contributed by atoms with van der Waals surface area (Å²) in [6, 6.07) is 11.9. The lowest BCUT2D eigenvalue weighted by molar-refractivity contribution is -0.662. The Bertz CT molecular complexity index is 881. The number of hydrogen-bond donors (Lipinski definition) is 2. The van der Waals surface area contributed by atoms with Gasteiger partial charge in [0.25, 0.3) is 0 Å². The fourth-order valence-electron chi connectivity index (χ4n) is 4.82. The number of nitrogens with two attached hydrogens (primary N) is 1. The van der Waals surface area contributed by atoms with E-state index >= 15 is 0 Å². The van der Waals surface area contributed by atoms with E-state index in [4.69, 9.17) is 0 Å². The van der Waals surface area contributed by atoms with Crippen molar-refractivity contribution in [3.63, 3.8) is 0 Å². The molecule has 1 aliphatic carbocycles. The number of carboxylic acids is 1. The van der Waals surface area contributed by atoms with Gasteiger partial charge >= 0.3 is 5.97 Å². The molecular formula is C24H31N2O3S+. The van der Waals surface area contributed by atoms with E-state index in [-0.39, 0.29) is 22.7 Å². The van der Waals surface area contributed by atoms with Crippen LogP contribution in [0.5, 0.6) is 0 Å². The van der Waals surface area contributed by atoms with Crippen LogP contribution < -0.4 is 10.2 Å². The summed E-state index contributed by atoms with van der Waals surface area (Å²) < 4.78 is 0. The third kappa shape index (κ3) is 4.44.